The maximum absolute atomic E-state index is 12.0. The number of carbonyl (C=O) groups is 2. The summed E-state index contributed by atoms with van der Waals surface area (Å²) in [5.74, 6) is -1.40. The van der Waals surface area contributed by atoms with E-state index in [1.165, 1.54) is 18.3 Å². The molecule has 0 fully saturated rings. The molecule has 5 nitrogen and oxygen atoms in total. The highest BCUT2D eigenvalue weighted by atomic mass is 16.4. The fraction of sp³-hybridized carbons (Fsp3) is 0.133. The van der Waals surface area contributed by atoms with E-state index in [2.05, 4.69) is 10.3 Å². The zero-order valence-corrected chi connectivity index (χ0v) is 10.9. The van der Waals surface area contributed by atoms with Gasteiger partial charge in [0.1, 0.15) is 5.69 Å². The number of nitrogens with zero attached hydrogens (tertiary/aromatic N) is 1. The summed E-state index contributed by atoms with van der Waals surface area (Å²) < 4.78 is 0. The van der Waals surface area contributed by atoms with Gasteiger partial charge in [-0.25, -0.2) is 4.79 Å². The minimum Gasteiger partial charge on any atom is -0.478 e. The van der Waals surface area contributed by atoms with E-state index in [1.807, 2.05) is 37.3 Å². The van der Waals surface area contributed by atoms with E-state index < -0.39 is 5.97 Å². The quantitative estimate of drug-likeness (QED) is 0.893. The first-order chi connectivity index (χ1) is 9.58. The molecule has 1 heterocycles. The molecular weight excluding hydrogens is 256 g/mol. The number of aromatic nitrogens is 1. The lowest BCUT2D eigenvalue weighted by molar-refractivity contribution is 0.0695. The molecule has 5 heteroatoms. The van der Waals surface area contributed by atoms with Crippen molar-refractivity contribution >= 4 is 11.9 Å². The highest BCUT2D eigenvalue weighted by Gasteiger charge is 2.13. The molecule has 0 saturated carbocycles. The molecule has 0 spiro atoms. The summed E-state index contributed by atoms with van der Waals surface area (Å²) in [6.45, 7) is 1.87. The third-order valence-electron chi connectivity index (χ3n) is 2.89. The summed E-state index contributed by atoms with van der Waals surface area (Å²) >= 11 is 0. The number of amides is 1. The molecule has 0 bridgehead atoms. The van der Waals surface area contributed by atoms with Crippen LogP contribution in [0.2, 0.25) is 0 Å². The normalized spacial score (nSPS) is 11.7. The molecule has 0 saturated heterocycles. The van der Waals surface area contributed by atoms with Crippen molar-refractivity contribution in [3.8, 4) is 0 Å². The smallest absolute Gasteiger partial charge is 0.337 e. The topological polar surface area (TPSA) is 79.3 Å². The average Bonchev–Trinajstić information content (AvgIpc) is 2.48. The Hall–Kier alpha value is -2.69. The van der Waals surface area contributed by atoms with E-state index in [1.54, 1.807) is 0 Å². The summed E-state index contributed by atoms with van der Waals surface area (Å²) in [4.78, 5) is 26.5. The summed E-state index contributed by atoms with van der Waals surface area (Å²) in [7, 11) is 0. The molecule has 0 aliphatic rings. The van der Waals surface area contributed by atoms with Crippen LogP contribution in [0.25, 0.3) is 0 Å². The Morgan fingerprint density at radius 3 is 2.40 bits per heavy atom. The lowest BCUT2D eigenvalue weighted by Crippen LogP contribution is -2.27. The van der Waals surface area contributed by atoms with E-state index in [0.717, 1.165) is 5.56 Å². The van der Waals surface area contributed by atoms with Gasteiger partial charge in [0.2, 0.25) is 0 Å². The van der Waals surface area contributed by atoms with Crippen molar-refractivity contribution in [2.45, 2.75) is 13.0 Å². The van der Waals surface area contributed by atoms with Crippen molar-refractivity contribution in [3.05, 3.63) is 65.5 Å². The number of benzene rings is 1. The summed E-state index contributed by atoms with van der Waals surface area (Å²) in [6.07, 6.45) is 1.17. The average molecular weight is 270 g/mol. The molecule has 20 heavy (non-hydrogen) atoms. The van der Waals surface area contributed by atoms with E-state index in [4.69, 9.17) is 5.11 Å². The van der Waals surface area contributed by atoms with Crippen LogP contribution >= 0.6 is 0 Å². The van der Waals surface area contributed by atoms with Crippen LogP contribution in [0.1, 0.15) is 39.4 Å². The molecule has 1 amide bonds. The van der Waals surface area contributed by atoms with Crippen LogP contribution in [0.15, 0.2) is 48.7 Å². The summed E-state index contributed by atoms with van der Waals surface area (Å²) in [5.41, 5.74) is 1.23. The zero-order chi connectivity index (χ0) is 14.5. The SMILES string of the molecule is CC(NC(=O)c1ccc(C(=O)O)cn1)c1ccccc1. The van der Waals surface area contributed by atoms with Gasteiger partial charge in [-0.2, -0.15) is 0 Å². The van der Waals surface area contributed by atoms with Gasteiger partial charge < -0.3 is 10.4 Å². The first kappa shape index (κ1) is 13.7. The first-order valence-electron chi connectivity index (χ1n) is 6.13. The summed E-state index contributed by atoms with van der Waals surface area (Å²) in [5, 5.41) is 11.6. The maximum atomic E-state index is 12.0. The van der Waals surface area contributed by atoms with Crippen LogP contribution in [-0.4, -0.2) is 22.0 Å². The van der Waals surface area contributed by atoms with Crippen molar-refractivity contribution in [1.82, 2.24) is 10.3 Å². The molecule has 1 unspecified atom stereocenters. The Balaban J connectivity index is 2.06. The molecule has 1 aromatic carbocycles. The largest absolute Gasteiger partial charge is 0.478 e. The number of hydrogen-bond donors (Lipinski definition) is 2. The number of aromatic carboxylic acids is 1. The molecular formula is C15H14N2O3. The summed E-state index contributed by atoms with van der Waals surface area (Å²) in [6, 6.07) is 12.2. The van der Waals surface area contributed by atoms with Gasteiger partial charge in [-0.05, 0) is 24.6 Å². The fourth-order valence-corrected chi connectivity index (χ4v) is 1.75. The molecule has 2 N–H and O–H groups in total. The molecule has 102 valence electrons. The van der Waals surface area contributed by atoms with Gasteiger partial charge in [-0.1, -0.05) is 30.3 Å². The second-order valence-electron chi connectivity index (χ2n) is 4.34. The number of carbonyl (C=O) groups excluding carboxylic acids is 1. The van der Waals surface area contributed by atoms with Crippen molar-refractivity contribution < 1.29 is 14.7 Å². The van der Waals surface area contributed by atoms with Crippen LogP contribution in [0.3, 0.4) is 0 Å². The number of carboxylic acid groups (broad SMARTS) is 1. The van der Waals surface area contributed by atoms with E-state index in [9.17, 15) is 9.59 Å². The van der Waals surface area contributed by atoms with E-state index in [0.29, 0.717) is 0 Å². The van der Waals surface area contributed by atoms with Crippen LogP contribution in [0.4, 0.5) is 0 Å². The van der Waals surface area contributed by atoms with Crippen LogP contribution in [0, 0.1) is 0 Å². The predicted molar refractivity (Wildman–Crippen MR) is 73.5 cm³/mol. The lowest BCUT2D eigenvalue weighted by Gasteiger charge is -2.13. The Labute approximate surface area is 116 Å². The predicted octanol–water partition coefficient (Wildman–Crippen LogP) is 2.27. The second kappa shape index (κ2) is 5.97. The maximum Gasteiger partial charge on any atom is 0.337 e. The van der Waals surface area contributed by atoms with Gasteiger partial charge in [0.05, 0.1) is 11.6 Å². The standard InChI is InChI=1S/C15H14N2O3/c1-10(11-5-3-2-4-6-11)17-14(18)13-8-7-12(9-16-13)15(19)20/h2-10H,1H3,(H,17,18)(H,19,20). The molecule has 2 rings (SSSR count). The first-order valence-corrected chi connectivity index (χ1v) is 6.13. The highest BCUT2D eigenvalue weighted by molar-refractivity contribution is 5.93. The van der Waals surface area contributed by atoms with Gasteiger partial charge in [0.25, 0.3) is 5.91 Å². The van der Waals surface area contributed by atoms with Gasteiger partial charge in [-0.3, -0.25) is 9.78 Å². The number of rotatable bonds is 4. The van der Waals surface area contributed by atoms with Gasteiger partial charge >= 0.3 is 5.97 Å². The van der Waals surface area contributed by atoms with Gasteiger partial charge in [0.15, 0.2) is 0 Å². The van der Waals surface area contributed by atoms with Crippen molar-refractivity contribution in [3.63, 3.8) is 0 Å². The zero-order valence-electron chi connectivity index (χ0n) is 10.9. The van der Waals surface area contributed by atoms with E-state index in [-0.39, 0.29) is 23.2 Å². The third kappa shape index (κ3) is 3.20. The van der Waals surface area contributed by atoms with Gasteiger partial charge in [0, 0.05) is 6.20 Å². The fourth-order valence-electron chi connectivity index (χ4n) is 1.75. The minimum absolute atomic E-state index is 0.0534. The molecule has 1 atom stereocenters. The Bertz CT molecular complexity index is 609. The Morgan fingerprint density at radius 1 is 1.15 bits per heavy atom. The van der Waals surface area contributed by atoms with E-state index >= 15 is 0 Å². The van der Waals surface area contributed by atoms with Crippen molar-refractivity contribution in [1.29, 1.82) is 0 Å². The van der Waals surface area contributed by atoms with Gasteiger partial charge in [-0.15, -0.1) is 0 Å². The number of nitrogens with one attached hydrogen (secondary N) is 1. The van der Waals surface area contributed by atoms with Crippen LogP contribution in [-0.2, 0) is 0 Å². The number of pyridine rings is 1. The number of carboxylic acids is 1. The molecule has 0 aliphatic carbocycles. The monoisotopic (exact) mass is 270 g/mol. The van der Waals surface area contributed by atoms with Crippen LogP contribution in [0.5, 0.6) is 0 Å². The highest BCUT2D eigenvalue weighted by Crippen LogP contribution is 2.12. The second-order valence-corrected chi connectivity index (χ2v) is 4.34. The minimum atomic E-state index is -1.07. The molecule has 1 aromatic heterocycles. The molecule has 0 radical (unpaired) electrons. The van der Waals surface area contributed by atoms with Crippen molar-refractivity contribution in [2.75, 3.05) is 0 Å². The molecule has 0 aliphatic heterocycles. The van der Waals surface area contributed by atoms with Crippen LogP contribution < -0.4 is 5.32 Å². The number of hydrogen-bond acceptors (Lipinski definition) is 3. The Kier molecular flexibility index (Phi) is 4.10. The third-order valence-corrected chi connectivity index (χ3v) is 2.89. The Morgan fingerprint density at radius 2 is 1.85 bits per heavy atom. The van der Waals surface area contributed by atoms with Crippen molar-refractivity contribution in [2.24, 2.45) is 0 Å². The lowest BCUT2D eigenvalue weighted by atomic mass is 10.1. The molecule has 2 aromatic rings.